The molecule has 0 aliphatic heterocycles. The van der Waals surface area contributed by atoms with Crippen molar-refractivity contribution in [1.29, 1.82) is 0 Å². The van der Waals surface area contributed by atoms with Crippen LogP contribution in [-0.2, 0) is 11.2 Å². The highest BCUT2D eigenvalue weighted by Crippen LogP contribution is 2.35. The Bertz CT molecular complexity index is 1500. The minimum atomic E-state index is -0.464. The third-order valence-corrected chi connectivity index (χ3v) is 6.56. The Hall–Kier alpha value is -4.58. The zero-order valence-electron chi connectivity index (χ0n) is 19.5. The number of hydrogen-bond donors (Lipinski definition) is 1. The van der Waals surface area contributed by atoms with Crippen molar-refractivity contribution in [3.8, 4) is 0 Å². The Kier molecular flexibility index (Phi) is 6.41. The van der Waals surface area contributed by atoms with Crippen LogP contribution in [0.3, 0.4) is 0 Å². The molecule has 6 heteroatoms. The summed E-state index contributed by atoms with van der Waals surface area (Å²) in [6.45, 7) is 0. The van der Waals surface area contributed by atoms with Crippen LogP contribution >= 0.6 is 0 Å². The largest absolute Gasteiger partial charge is 0.511 e. The van der Waals surface area contributed by atoms with E-state index in [1.807, 2.05) is 72.8 Å². The summed E-state index contributed by atoms with van der Waals surface area (Å²) in [5.41, 5.74) is 3.16. The smallest absolute Gasteiger partial charge is 0.269 e. The zero-order valence-corrected chi connectivity index (χ0v) is 19.5. The maximum Gasteiger partial charge on any atom is 0.269 e. The lowest BCUT2D eigenvalue weighted by molar-refractivity contribution is -0.384. The van der Waals surface area contributed by atoms with E-state index in [0.717, 1.165) is 21.9 Å². The van der Waals surface area contributed by atoms with Crippen LogP contribution in [0.5, 0.6) is 0 Å². The Morgan fingerprint density at radius 3 is 2.33 bits per heavy atom. The number of benzene rings is 4. The molecular formula is C30H24N2O4. The molecule has 0 spiro atoms. The van der Waals surface area contributed by atoms with Crippen molar-refractivity contribution >= 4 is 33.6 Å². The van der Waals surface area contributed by atoms with Crippen molar-refractivity contribution < 1.29 is 14.8 Å². The average molecular weight is 477 g/mol. The third kappa shape index (κ3) is 4.79. The molecule has 36 heavy (non-hydrogen) atoms. The maximum atomic E-state index is 13.4. The number of allylic oxidation sites excluding steroid dienone is 2. The van der Waals surface area contributed by atoms with Gasteiger partial charge >= 0.3 is 0 Å². The van der Waals surface area contributed by atoms with Gasteiger partial charge in [0.25, 0.3) is 5.69 Å². The first kappa shape index (κ1) is 23.2. The summed E-state index contributed by atoms with van der Waals surface area (Å²) in [4.78, 5) is 28.7. The number of rotatable bonds is 5. The second kappa shape index (κ2) is 9.96. The van der Waals surface area contributed by atoms with Crippen LogP contribution in [0, 0.1) is 10.1 Å². The fraction of sp³-hybridized carbons (Fsp3) is 0.133. The van der Waals surface area contributed by atoms with Crippen LogP contribution in [0.4, 0.5) is 11.4 Å². The van der Waals surface area contributed by atoms with Gasteiger partial charge in [-0.15, -0.1) is 0 Å². The molecule has 0 saturated heterocycles. The quantitative estimate of drug-likeness (QED) is 0.145. The molecule has 1 unspecified atom stereocenters. The highest BCUT2D eigenvalue weighted by atomic mass is 16.6. The monoisotopic (exact) mass is 476 g/mol. The van der Waals surface area contributed by atoms with Gasteiger partial charge in [0.15, 0.2) is 5.78 Å². The number of nitro benzene ring substituents is 1. The van der Waals surface area contributed by atoms with Gasteiger partial charge in [0.05, 0.1) is 21.9 Å². The number of aliphatic imine (C=N–C) groups is 1. The fourth-order valence-electron chi connectivity index (χ4n) is 4.80. The van der Waals surface area contributed by atoms with Crippen molar-refractivity contribution in [2.45, 2.75) is 25.2 Å². The first-order valence-electron chi connectivity index (χ1n) is 11.8. The molecule has 0 aromatic heterocycles. The molecule has 0 amide bonds. The van der Waals surface area contributed by atoms with Gasteiger partial charge in [0, 0.05) is 25.0 Å². The van der Waals surface area contributed by atoms with E-state index in [-0.39, 0.29) is 41.6 Å². The van der Waals surface area contributed by atoms with Gasteiger partial charge in [-0.25, -0.2) is 0 Å². The Labute approximate surface area is 208 Å². The van der Waals surface area contributed by atoms with Gasteiger partial charge < -0.3 is 5.11 Å². The molecule has 1 N–H and O–H groups in total. The molecule has 1 fully saturated rings. The first-order chi connectivity index (χ1) is 17.5. The number of aliphatic hydroxyl groups excluding tert-OH is 1. The summed E-state index contributed by atoms with van der Waals surface area (Å²) in [5.74, 6) is -0.235. The number of nitro groups is 1. The molecule has 4 aromatic carbocycles. The molecule has 4 aromatic rings. The Balaban J connectivity index is 1.56. The van der Waals surface area contributed by atoms with E-state index in [0.29, 0.717) is 17.8 Å². The molecule has 1 saturated carbocycles. The summed E-state index contributed by atoms with van der Waals surface area (Å²) in [6.07, 6.45) is 0.956. The van der Waals surface area contributed by atoms with Gasteiger partial charge in [0.1, 0.15) is 5.76 Å². The zero-order chi connectivity index (χ0) is 25.1. The lowest BCUT2D eigenvalue weighted by Crippen LogP contribution is -2.27. The van der Waals surface area contributed by atoms with Gasteiger partial charge in [-0.05, 0) is 46.4 Å². The number of carbonyl (C=O) groups is 1. The number of carbonyl (C=O) groups excluding carboxylic acids is 1. The normalized spacial score (nSPS) is 18.4. The van der Waals surface area contributed by atoms with Crippen LogP contribution < -0.4 is 0 Å². The topological polar surface area (TPSA) is 92.8 Å². The lowest BCUT2D eigenvalue weighted by Gasteiger charge is -2.26. The van der Waals surface area contributed by atoms with Gasteiger partial charge in [-0.1, -0.05) is 72.8 Å². The van der Waals surface area contributed by atoms with Crippen molar-refractivity contribution in [2.24, 2.45) is 4.99 Å². The molecular weight excluding hydrogens is 452 g/mol. The predicted molar refractivity (Wildman–Crippen MR) is 141 cm³/mol. The summed E-state index contributed by atoms with van der Waals surface area (Å²) >= 11 is 0. The first-order valence-corrected chi connectivity index (χ1v) is 11.8. The van der Waals surface area contributed by atoms with E-state index in [1.54, 1.807) is 12.1 Å². The summed E-state index contributed by atoms with van der Waals surface area (Å²) in [7, 11) is 0. The Morgan fingerprint density at radius 1 is 0.889 bits per heavy atom. The van der Waals surface area contributed by atoms with Crippen molar-refractivity contribution in [3.05, 3.63) is 130 Å². The highest BCUT2D eigenvalue weighted by molar-refractivity contribution is 6.25. The van der Waals surface area contributed by atoms with Crippen LogP contribution in [-0.4, -0.2) is 21.5 Å². The van der Waals surface area contributed by atoms with E-state index in [9.17, 15) is 20.0 Å². The number of non-ortho nitro benzene ring substituents is 1. The molecule has 178 valence electrons. The van der Waals surface area contributed by atoms with E-state index >= 15 is 0 Å². The highest BCUT2D eigenvalue weighted by Gasteiger charge is 2.32. The van der Waals surface area contributed by atoms with Gasteiger partial charge in [-0.3, -0.25) is 19.9 Å². The minimum Gasteiger partial charge on any atom is -0.511 e. The number of aliphatic hydroxyl groups is 1. The number of hydrogen-bond acceptors (Lipinski definition) is 5. The van der Waals surface area contributed by atoms with E-state index < -0.39 is 4.92 Å². The van der Waals surface area contributed by atoms with Gasteiger partial charge in [0.2, 0.25) is 0 Å². The minimum absolute atomic E-state index is 0.0106. The predicted octanol–water partition coefficient (Wildman–Crippen LogP) is 7.02. The number of ketones is 1. The molecule has 1 aliphatic carbocycles. The molecule has 1 atom stereocenters. The Morgan fingerprint density at radius 2 is 1.58 bits per heavy atom. The standard InChI is InChI=1S/C30H24N2O4/c33-28(18-22-11-6-10-21-9-4-5-12-26(21)22)30-27(31-24-13-15-25(16-14-24)32(35)36)17-23(19-29(30)34)20-7-2-1-3-8-20/h1-16,23,33H,17-19H2. The van der Waals surface area contributed by atoms with Crippen LogP contribution in [0.15, 0.2) is 113 Å². The maximum absolute atomic E-state index is 13.4. The second-order valence-electron chi connectivity index (χ2n) is 8.91. The fourth-order valence-corrected chi connectivity index (χ4v) is 4.80. The summed E-state index contributed by atoms with van der Waals surface area (Å²) in [6, 6.07) is 29.5. The van der Waals surface area contributed by atoms with Crippen LogP contribution in [0.25, 0.3) is 10.8 Å². The number of Topliss-reactive ketones (excluding diaryl/α,β-unsaturated/α-hetero) is 1. The summed E-state index contributed by atoms with van der Waals surface area (Å²) < 4.78 is 0. The van der Waals surface area contributed by atoms with Crippen molar-refractivity contribution in [3.63, 3.8) is 0 Å². The second-order valence-corrected chi connectivity index (χ2v) is 8.91. The average Bonchev–Trinajstić information content (AvgIpc) is 2.89. The van der Waals surface area contributed by atoms with E-state index in [4.69, 9.17) is 4.99 Å². The SMILES string of the molecule is O=C1CC(c2ccccc2)CC(=Nc2ccc([N+](=O)[O-])cc2)C1=C(O)Cc1cccc2ccccc12. The molecule has 0 radical (unpaired) electrons. The van der Waals surface area contributed by atoms with E-state index in [1.165, 1.54) is 12.1 Å². The molecule has 1 aliphatic rings. The summed E-state index contributed by atoms with van der Waals surface area (Å²) in [5, 5.41) is 24.4. The number of fused-ring (bicyclic) bond motifs is 1. The van der Waals surface area contributed by atoms with Crippen molar-refractivity contribution in [1.82, 2.24) is 0 Å². The molecule has 5 rings (SSSR count). The van der Waals surface area contributed by atoms with Crippen molar-refractivity contribution in [2.75, 3.05) is 0 Å². The molecule has 0 heterocycles. The lowest BCUT2D eigenvalue weighted by atomic mass is 9.78. The molecule has 6 nitrogen and oxygen atoms in total. The van der Waals surface area contributed by atoms with Crippen LogP contribution in [0.1, 0.15) is 29.9 Å². The number of nitrogens with zero attached hydrogens (tertiary/aromatic N) is 2. The van der Waals surface area contributed by atoms with Gasteiger partial charge in [-0.2, -0.15) is 0 Å². The molecule has 0 bridgehead atoms. The van der Waals surface area contributed by atoms with Crippen LogP contribution in [0.2, 0.25) is 0 Å². The third-order valence-electron chi connectivity index (χ3n) is 6.56. The van der Waals surface area contributed by atoms with E-state index in [2.05, 4.69) is 0 Å².